The second-order valence-corrected chi connectivity index (χ2v) is 6.03. The fraction of sp³-hybridized carbons (Fsp3) is 0.0526. The van der Waals surface area contributed by atoms with Gasteiger partial charge in [0.25, 0.3) is 0 Å². The van der Waals surface area contributed by atoms with Gasteiger partial charge in [-0.3, -0.25) is 0 Å². The van der Waals surface area contributed by atoms with Crippen LogP contribution in [0.5, 0.6) is 11.5 Å². The molecule has 0 atom stereocenters. The molecule has 1 aliphatic heterocycles. The molecule has 0 aliphatic carbocycles. The third-order valence-corrected chi connectivity index (χ3v) is 4.84. The molecule has 101 valence electrons. The molecule has 1 nitrogen and oxygen atoms in total. The molecule has 0 saturated heterocycles. The van der Waals surface area contributed by atoms with Gasteiger partial charge in [0.2, 0.25) is 0 Å². The first-order chi connectivity index (χ1) is 10.3. The molecular weight excluding hydrogens is 323 g/mol. The van der Waals surface area contributed by atoms with E-state index in [-0.39, 0.29) is 0 Å². The molecule has 3 aromatic rings. The number of hydrogen-bond acceptors (Lipinski definition) is 1. The zero-order valence-electron chi connectivity index (χ0n) is 11.4. The van der Waals surface area contributed by atoms with E-state index >= 15 is 0 Å². The molecule has 21 heavy (non-hydrogen) atoms. The summed E-state index contributed by atoms with van der Waals surface area (Å²) in [4.78, 5) is 0. The fourth-order valence-electron chi connectivity index (χ4n) is 2.78. The van der Waals surface area contributed by atoms with Crippen LogP contribution < -0.4 is 9.20 Å². The first-order valence-corrected chi connectivity index (χ1v) is 7.82. The van der Waals surface area contributed by atoms with Gasteiger partial charge in [-0.05, 0) is 0 Å². The van der Waals surface area contributed by atoms with E-state index in [0.29, 0.717) is 0 Å². The van der Waals surface area contributed by atoms with Crippen LogP contribution in [-0.4, -0.2) is 16.0 Å². The molecule has 0 bridgehead atoms. The van der Waals surface area contributed by atoms with E-state index in [1.807, 2.05) is 18.2 Å². The van der Waals surface area contributed by atoms with Gasteiger partial charge in [0, 0.05) is 0 Å². The normalized spacial score (nSPS) is 12.2. The molecule has 4 rings (SSSR count). The van der Waals surface area contributed by atoms with Crippen LogP contribution in [-0.2, 0) is 6.42 Å². The number of hydrogen-bond donors (Lipinski definition) is 0. The monoisotopic (exact) mass is 337 g/mol. The van der Waals surface area contributed by atoms with Crippen molar-refractivity contribution in [2.75, 3.05) is 0 Å². The number of ether oxygens (including phenoxy) is 1. The van der Waals surface area contributed by atoms with E-state index < -0.39 is 0 Å². The Morgan fingerprint density at radius 2 is 1.52 bits per heavy atom. The Hall–Kier alpha value is -2.02. The topological polar surface area (TPSA) is 9.23 Å². The molecule has 0 fully saturated rings. The summed E-state index contributed by atoms with van der Waals surface area (Å²) in [6.07, 6.45) is 0.911. The van der Waals surface area contributed by atoms with Crippen molar-refractivity contribution in [2.24, 2.45) is 0 Å². The Morgan fingerprint density at radius 1 is 0.762 bits per heavy atom. The molecule has 0 aromatic heterocycles. The van der Waals surface area contributed by atoms with Crippen LogP contribution in [0.25, 0.3) is 11.1 Å². The summed E-state index contributed by atoms with van der Waals surface area (Å²) in [5.74, 6) is 1.93. The fourth-order valence-corrected chi connectivity index (χ4v) is 3.53. The number of benzene rings is 3. The predicted molar refractivity (Wildman–Crippen MR) is 86.6 cm³/mol. The van der Waals surface area contributed by atoms with Gasteiger partial charge in [0.15, 0.2) is 0 Å². The average molecular weight is 336 g/mol. The van der Waals surface area contributed by atoms with Crippen molar-refractivity contribution in [2.45, 2.75) is 6.42 Å². The van der Waals surface area contributed by atoms with E-state index in [0.717, 1.165) is 17.9 Å². The van der Waals surface area contributed by atoms with Crippen molar-refractivity contribution < 1.29 is 4.74 Å². The van der Waals surface area contributed by atoms with E-state index in [2.05, 4.69) is 64.5 Å². The van der Waals surface area contributed by atoms with Crippen LogP contribution in [0.1, 0.15) is 11.1 Å². The van der Waals surface area contributed by atoms with Gasteiger partial charge in [-0.1, -0.05) is 0 Å². The van der Waals surface area contributed by atoms with Crippen LogP contribution in [0.2, 0.25) is 0 Å². The Bertz CT molecular complexity index is 809. The molecule has 0 unspecified atom stereocenters. The minimum absolute atomic E-state index is 0.911. The van der Waals surface area contributed by atoms with Gasteiger partial charge in [-0.15, -0.1) is 0 Å². The Morgan fingerprint density at radius 3 is 2.38 bits per heavy atom. The van der Waals surface area contributed by atoms with Gasteiger partial charge in [-0.2, -0.15) is 0 Å². The maximum atomic E-state index is 6.03. The Balaban J connectivity index is 1.84. The first kappa shape index (κ1) is 12.7. The molecular formula is C19H13OSe. The number of fused-ring (bicyclic) bond motifs is 2. The van der Waals surface area contributed by atoms with Gasteiger partial charge in [-0.25, -0.2) is 0 Å². The molecule has 0 N–H and O–H groups in total. The standard InChI is InChI=1S/C19H13OSe/c21-19-15(13-6-2-1-3-7-13)10-11-18-16(19)12-14-8-4-5-9-17(14)20-18/h1-11H,12H2. The van der Waals surface area contributed by atoms with E-state index in [9.17, 15) is 0 Å². The maximum absolute atomic E-state index is 6.03. The van der Waals surface area contributed by atoms with Crippen molar-refractivity contribution >= 4 is 20.5 Å². The summed E-state index contributed by atoms with van der Waals surface area (Å²) >= 11 is 3.25. The van der Waals surface area contributed by atoms with Crippen molar-refractivity contribution in [3.8, 4) is 22.6 Å². The molecule has 1 aliphatic rings. The minimum atomic E-state index is 0.911. The van der Waals surface area contributed by atoms with Gasteiger partial charge < -0.3 is 0 Å². The summed E-state index contributed by atoms with van der Waals surface area (Å²) in [5, 5.41) is 0. The van der Waals surface area contributed by atoms with Crippen LogP contribution in [0.4, 0.5) is 0 Å². The molecule has 1 radical (unpaired) electrons. The SMILES string of the molecule is [Se]c1c(-c2ccccc2)ccc2c1Cc1ccccc1O2. The van der Waals surface area contributed by atoms with Crippen molar-refractivity contribution in [1.82, 2.24) is 0 Å². The van der Waals surface area contributed by atoms with Crippen LogP contribution in [0.3, 0.4) is 0 Å². The van der Waals surface area contributed by atoms with Crippen LogP contribution in [0.15, 0.2) is 66.7 Å². The molecule has 1 heterocycles. The Kier molecular flexibility index (Phi) is 3.07. The van der Waals surface area contributed by atoms with Crippen molar-refractivity contribution in [3.05, 3.63) is 77.9 Å². The van der Waals surface area contributed by atoms with E-state index in [1.165, 1.54) is 26.7 Å². The molecule has 3 aromatic carbocycles. The summed E-state index contributed by atoms with van der Waals surface area (Å²) in [5.41, 5.74) is 4.95. The van der Waals surface area contributed by atoms with Gasteiger partial charge in [0.1, 0.15) is 0 Å². The zero-order valence-corrected chi connectivity index (χ0v) is 13.1. The number of para-hydroxylation sites is 1. The quantitative estimate of drug-likeness (QED) is 0.480. The second kappa shape index (κ2) is 5.07. The summed E-state index contributed by atoms with van der Waals surface area (Å²) in [7, 11) is 0. The van der Waals surface area contributed by atoms with Gasteiger partial charge in [0.05, 0.1) is 0 Å². The Labute approximate surface area is 132 Å². The summed E-state index contributed by atoms with van der Waals surface area (Å²) in [6.45, 7) is 0. The van der Waals surface area contributed by atoms with Gasteiger partial charge >= 0.3 is 132 Å². The summed E-state index contributed by atoms with van der Waals surface area (Å²) in [6, 6.07) is 22.9. The van der Waals surface area contributed by atoms with Crippen molar-refractivity contribution in [3.63, 3.8) is 0 Å². The van der Waals surface area contributed by atoms with Crippen LogP contribution in [0, 0.1) is 0 Å². The third-order valence-electron chi connectivity index (χ3n) is 3.86. The van der Waals surface area contributed by atoms with E-state index in [1.54, 1.807) is 0 Å². The average Bonchev–Trinajstić information content (AvgIpc) is 2.55. The zero-order chi connectivity index (χ0) is 14.2. The second-order valence-electron chi connectivity index (χ2n) is 5.17. The predicted octanol–water partition coefficient (Wildman–Crippen LogP) is 3.84. The van der Waals surface area contributed by atoms with Crippen LogP contribution >= 0.6 is 0 Å². The first-order valence-electron chi connectivity index (χ1n) is 6.97. The summed E-state index contributed by atoms with van der Waals surface area (Å²) < 4.78 is 7.22. The molecule has 2 heteroatoms. The van der Waals surface area contributed by atoms with Crippen molar-refractivity contribution in [1.29, 1.82) is 0 Å². The molecule has 0 spiro atoms. The van der Waals surface area contributed by atoms with E-state index in [4.69, 9.17) is 4.74 Å². The molecule has 0 amide bonds. The molecule has 0 saturated carbocycles. The third kappa shape index (κ3) is 2.17. The number of rotatable bonds is 1.